The van der Waals surface area contributed by atoms with Crippen LogP contribution in [0.1, 0.15) is 44.6 Å². The van der Waals surface area contributed by atoms with Crippen LogP contribution in [-0.4, -0.2) is 18.9 Å². The predicted molar refractivity (Wildman–Crippen MR) is 74.0 cm³/mol. The minimum absolute atomic E-state index is 0.138. The van der Waals surface area contributed by atoms with Crippen LogP contribution in [0.25, 0.3) is 0 Å². The number of carbonyl (C=O) groups is 2. The summed E-state index contributed by atoms with van der Waals surface area (Å²) < 4.78 is 17.9. The van der Waals surface area contributed by atoms with E-state index in [1.165, 1.54) is 12.1 Å². The van der Waals surface area contributed by atoms with Gasteiger partial charge in [-0.05, 0) is 36.1 Å². The van der Waals surface area contributed by atoms with Crippen LogP contribution in [0.3, 0.4) is 0 Å². The molecule has 1 saturated heterocycles. The van der Waals surface area contributed by atoms with Crippen LogP contribution >= 0.6 is 0 Å². The lowest BCUT2D eigenvalue weighted by Crippen LogP contribution is -2.33. The molecule has 5 heteroatoms. The van der Waals surface area contributed by atoms with Crippen LogP contribution in [0.15, 0.2) is 18.2 Å². The summed E-state index contributed by atoms with van der Waals surface area (Å²) >= 11 is 0. The number of amides is 2. The Hall–Kier alpha value is -1.91. The van der Waals surface area contributed by atoms with Crippen molar-refractivity contribution in [3.8, 4) is 5.75 Å². The van der Waals surface area contributed by atoms with Crippen molar-refractivity contribution in [2.45, 2.75) is 39.0 Å². The van der Waals surface area contributed by atoms with Crippen molar-refractivity contribution in [2.24, 2.45) is 0 Å². The number of halogens is 1. The summed E-state index contributed by atoms with van der Waals surface area (Å²) in [6, 6.07) is 4.58. The van der Waals surface area contributed by atoms with Gasteiger partial charge in [-0.1, -0.05) is 13.8 Å². The molecule has 110 valence electrons. The quantitative estimate of drug-likeness (QED) is 0.848. The van der Waals surface area contributed by atoms with Crippen molar-refractivity contribution in [1.29, 1.82) is 0 Å². The normalized spacial score (nSPS) is 14.4. The zero-order chi connectivity index (χ0) is 15.1. The predicted octanol–water partition coefficient (Wildman–Crippen LogP) is 2.77. The number of ether oxygens (including phenoxy) is 1. The fraction of sp³-hybridized carbons (Fsp3) is 0.467. The van der Waals surface area contributed by atoms with E-state index < -0.39 is 0 Å². The third kappa shape index (κ3) is 4.99. The maximum Gasteiger partial charge on any atom is 0.226 e. The molecule has 0 atom stereocenters. The van der Waals surface area contributed by atoms with Crippen molar-refractivity contribution in [3.05, 3.63) is 29.6 Å². The second-order valence-corrected chi connectivity index (χ2v) is 4.87. The van der Waals surface area contributed by atoms with Crippen molar-refractivity contribution >= 4 is 11.8 Å². The van der Waals surface area contributed by atoms with E-state index in [9.17, 15) is 14.0 Å². The van der Waals surface area contributed by atoms with Gasteiger partial charge in [0, 0.05) is 12.8 Å². The van der Waals surface area contributed by atoms with Crippen LogP contribution in [0.5, 0.6) is 5.75 Å². The molecular weight excluding hydrogens is 261 g/mol. The third-order valence-corrected chi connectivity index (χ3v) is 2.90. The Balaban J connectivity index is 0.000000217. The van der Waals surface area contributed by atoms with Crippen LogP contribution < -0.4 is 10.1 Å². The van der Waals surface area contributed by atoms with Crippen molar-refractivity contribution in [1.82, 2.24) is 5.32 Å². The summed E-state index contributed by atoms with van der Waals surface area (Å²) in [5, 5.41) is 2.20. The molecule has 2 amide bonds. The summed E-state index contributed by atoms with van der Waals surface area (Å²) in [6.07, 6.45) is 1.72. The Kier molecular flexibility index (Phi) is 6.15. The van der Waals surface area contributed by atoms with E-state index in [0.29, 0.717) is 19.3 Å². The molecule has 0 aliphatic carbocycles. The van der Waals surface area contributed by atoms with E-state index in [1.54, 1.807) is 13.2 Å². The number of piperidine rings is 1. The first-order valence-corrected chi connectivity index (χ1v) is 6.60. The molecule has 0 radical (unpaired) electrons. The number of imide groups is 1. The number of nitrogens with one attached hydrogen (secondary N) is 1. The molecule has 1 aliphatic heterocycles. The van der Waals surface area contributed by atoms with Gasteiger partial charge in [-0.3, -0.25) is 14.9 Å². The molecule has 0 unspecified atom stereocenters. The van der Waals surface area contributed by atoms with Crippen molar-refractivity contribution < 1.29 is 18.7 Å². The maximum absolute atomic E-state index is 12.8. The van der Waals surface area contributed by atoms with Gasteiger partial charge in [0.15, 0.2) is 0 Å². The lowest BCUT2D eigenvalue weighted by molar-refractivity contribution is -0.132. The average molecular weight is 281 g/mol. The Labute approximate surface area is 118 Å². The summed E-state index contributed by atoms with van der Waals surface area (Å²) in [5.74, 6) is 0.559. The Morgan fingerprint density at radius 2 is 1.80 bits per heavy atom. The first-order chi connectivity index (χ1) is 9.43. The largest absolute Gasteiger partial charge is 0.496 e. The van der Waals surface area contributed by atoms with Gasteiger partial charge in [0.05, 0.1) is 7.11 Å². The average Bonchev–Trinajstić information content (AvgIpc) is 2.39. The fourth-order valence-corrected chi connectivity index (χ4v) is 1.85. The van der Waals surface area contributed by atoms with Crippen LogP contribution in [0.2, 0.25) is 0 Å². The van der Waals surface area contributed by atoms with E-state index in [2.05, 4.69) is 5.32 Å². The van der Waals surface area contributed by atoms with E-state index in [4.69, 9.17) is 4.74 Å². The molecule has 0 bridgehead atoms. The molecule has 2 rings (SSSR count). The zero-order valence-corrected chi connectivity index (χ0v) is 12.0. The number of hydrogen-bond acceptors (Lipinski definition) is 3. The van der Waals surface area contributed by atoms with Gasteiger partial charge in [0.1, 0.15) is 11.6 Å². The van der Waals surface area contributed by atoms with E-state index in [0.717, 1.165) is 11.3 Å². The first-order valence-electron chi connectivity index (χ1n) is 6.60. The van der Waals surface area contributed by atoms with Gasteiger partial charge in [-0.2, -0.15) is 0 Å². The van der Waals surface area contributed by atoms with Gasteiger partial charge < -0.3 is 4.74 Å². The lowest BCUT2D eigenvalue weighted by atomic mass is 10.0. The van der Waals surface area contributed by atoms with Gasteiger partial charge in [-0.15, -0.1) is 0 Å². The van der Waals surface area contributed by atoms with Gasteiger partial charge in [0.25, 0.3) is 0 Å². The number of benzene rings is 1. The first kappa shape index (κ1) is 16.1. The molecule has 0 saturated carbocycles. The Morgan fingerprint density at radius 1 is 1.20 bits per heavy atom. The minimum atomic E-state index is -0.209. The highest BCUT2D eigenvalue weighted by Crippen LogP contribution is 2.26. The van der Waals surface area contributed by atoms with Gasteiger partial charge in [-0.25, -0.2) is 4.39 Å². The van der Waals surface area contributed by atoms with Gasteiger partial charge >= 0.3 is 0 Å². The molecule has 0 spiro atoms. The van der Waals surface area contributed by atoms with Crippen LogP contribution in [0, 0.1) is 5.82 Å². The van der Waals surface area contributed by atoms with Crippen LogP contribution in [0.4, 0.5) is 4.39 Å². The maximum atomic E-state index is 12.8. The SMILES string of the molecule is COc1ccc(F)cc1C(C)C.O=C1CCCC(=O)N1. The summed E-state index contributed by atoms with van der Waals surface area (Å²) in [4.78, 5) is 20.7. The summed E-state index contributed by atoms with van der Waals surface area (Å²) in [7, 11) is 1.60. The van der Waals surface area contributed by atoms with E-state index in [-0.39, 0.29) is 23.5 Å². The number of methoxy groups -OCH3 is 1. The molecule has 0 aromatic heterocycles. The highest BCUT2D eigenvalue weighted by molar-refractivity contribution is 5.97. The zero-order valence-electron chi connectivity index (χ0n) is 12.0. The molecule has 1 aromatic carbocycles. The molecule has 1 aromatic rings. The fourth-order valence-electron chi connectivity index (χ4n) is 1.85. The van der Waals surface area contributed by atoms with E-state index in [1.807, 2.05) is 13.8 Å². The summed E-state index contributed by atoms with van der Waals surface area (Å²) in [5.41, 5.74) is 0.914. The molecule has 20 heavy (non-hydrogen) atoms. The molecular formula is C15H20FNO3. The minimum Gasteiger partial charge on any atom is -0.496 e. The standard InChI is InChI=1S/C10H13FO.C5H7NO2/c1-7(2)9-6-8(11)4-5-10(9)12-3;7-4-2-1-3-5(8)6-4/h4-7H,1-3H3;1-3H2,(H,6,7,8). The highest BCUT2D eigenvalue weighted by Gasteiger charge is 2.13. The third-order valence-electron chi connectivity index (χ3n) is 2.90. The number of carbonyl (C=O) groups excluding carboxylic acids is 2. The van der Waals surface area contributed by atoms with Gasteiger partial charge in [0.2, 0.25) is 11.8 Å². The molecule has 1 aliphatic rings. The monoisotopic (exact) mass is 281 g/mol. The number of rotatable bonds is 2. The van der Waals surface area contributed by atoms with E-state index >= 15 is 0 Å². The highest BCUT2D eigenvalue weighted by atomic mass is 19.1. The van der Waals surface area contributed by atoms with Crippen molar-refractivity contribution in [2.75, 3.05) is 7.11 Å². The molecule has 1 N–H and O–H groups in total. The second kappa shape index (κ2) is 7.62. The topological polar surface area (TPSA) is 55.4 Å². The van der Waals surface area contributed by atoms with Crippen molar-refractivity contribution in [3.63, 3.8) is 0 Å². The Morgan fingerprint density at radius 3 is 2.20 bits per heavy atom. The lowest BCUT2D eigenvalue weighted by Gasteiger charge is -2.10. The summed E-state index contributed by atoms with van der Waals surface area (Å²) in [6.45, 7) is 4.02. The Bertz CT molecular complexity index is 472. The molecule has 1 fully saturated rings. The second-order valence-electron chi connectivity index (χ2n) is 4.87. The number of hydrogen-bond donors (Lipinski definition) is 1. The molecule has 1 heterocycles. The smallest absolute Gasteiger partial charge is 0.226 e. The molecule has 4 nitrogen and oxygen atoms in total. The van der Waals surface area contributed by atoms with Crippen LogP contribution in [-0.2, 0) is 9.59 Å².